The molecule has 0 unspecified atom stereocenters. The van der Waals surface area contributed by atoms with Gasteiger partial charge in [-0.1, -0.05) is 48.5 Å². The maximum Gasteiger partial charge on any atom is 0.415 e. The van der Waals surface area contributed by atoms with E-state index in [1.54, 1.807) is 29.2 Å². The van der Waals surface area contributed by atoms with E-state index in [2.05, 4.69) is 5.32 Å². The summed E-state index contributed by atoms with van der Waals surface area (Å²) in [5.41, 5.74) is 0.990. The topological polar surface area (TPSA) is 79.0 Å². The van der Waals surface area contributed by atoms with Crippen LogP contribution in [0.1, 0.15) is 5.56 Å². The van der Waals surface area contributed by atoms with Gasteiger partial charge in [0.25, 0.3) is 0 Å². The molecule has 2 aromatic rings. The number of nitrogens with one attached hydrogen (secondary N) is 1. The van der Waals surface area contributed by atoms with E-state index in [1.807, 2.05) is 36.4 Å². The van der Waals surface area contributed by atoms with Gasteiger partial charge >= 0.3 is 6.09 Å². The van der Waals surface area contributed by atoms with Crippen LogP contribution < -0.4 is 10.1 Å². The zero-order valence-electron chi connectivity index (χ0n) is 15.3. The van der Waals surface area contributed by atoms with Gasteiger partial charge in [0.1, 0.15) is 17.8 Å². The van der Waals surface area contributed by atoms with Gasteiger partial charge in [-0.2, -0.15) is 0 Å². The molecule has 2 atom stereocenters. The zero-order valence-corrected chi connectivity index (χ0v) is 15.3. The quantitative estimate of drug-likeness (QED) is 0.875. The monoisotopic (exact) mass is 379 g/mol. The number of para-hydroxylation sites is 1. The Morgan fingerprint density at radius 2 is 1.68 bits per heavy atom. The number of carbonyl (C=O) groups is 3. The first-order valence-electron chi connectivity index (χ1n) is 9.28. The lowest BCUT2D eigenvalue weighted by atomic mass is 9.99. The number of carbonyl (C=O) groups excluding carboxylic acids is 3. The molecule has 0 saturated carbocycles. The van der Waals surface area contributed by atoms with Crippen molar-refractivity contribution in [1.82, 2.24) is 15.1 Å². The Hall–Kier alpha value is -3.35. The molecule has 2 aliphatic rings. The van der Waals surface area contributed by atoms with Crippen molar-refractivity contribution in [2.24, 2.45) is 0 Å². The molecule has 0 bridgehead atoms. The Bertz CT molecular complexity index is 872. The summed E-state index contributed by atoms with van der Waals surface area (Å²) in [5.74, 6) is 0.101. The number of nitrogens with zero attached hydrogens (tertiary/aromatic N) is 2. The van der Waals surface area contributed by atoms with Crippen molar-refractivity contribution in [3.8, 4) is 5.75 Å². The minimum atomic E-state index is -0.684. The van der Waals surface area contributed by atoms with E-state index in [0.717, 1.165) is 5.56 Å². The van der Waals surface area contributed by atoms with Gasteiger partial charge < -0.3 is 19.9 Å². The number of amides is 3. The minimum absolute atomic E-state index is 0.107. The van der Waals surface area contributed by atoms with Crippen LogP contribution in [0.4, 0.5) is 4.79 Å². The highest BCUT2D eigenvalue weighted by Gasteiger charge is 2.44. The summed E-state index contributed by atoms with van der Waals surface area (Å²) >= 11 is 0. The molecule has 0 spiro atoms. The largest absolute Gasteiger partial charge is 0.415 e. The van der Waals surface area contributed by atoms with Crippen molar-refractivity contribution >= 4 is 17.9 Å². The van der Waals surface area contributed by atoms with Gasteiger partial charge in [-0.3, -0.25) is 9.59 Å². The predicted octanol–water partition coefficient (Wildman–Crippen LogP) is 1.44. The lowest BCUT2D eigenvalue weighted by Gasteiger charge is -2.44. The van der Waals surface area contributed by atoms with Crippen LogP contribution in [0.3, 0.4) is 0 Å². The molecule has 7 heteroatoms. The van der Waals surface area contributed by atoms with Gasteiger partial charge in [0.15, 0.2) is 0 Å². The van der Waals surface area contributed by atoms with Crippen LogP contribution in [0.25, 0.3) is 0 Å². The van der Waals surface area contributed by atoms with Gasteiger partial charge in [0.05, 0.1) is 6.54 Å². The van der Waals surface area contributed by atoms with Crippen LogP contribution in [0, 0.1) is 0 Å². The lowest BCUT2D eigenvalue weighted by Crippen LogP contribution is -2.70. The molecular formula is C21H21N3O4. The molecule has 1 N–H and O–H groups in total. The van der Waals surface area contributed by atoms with Crippen LogP contribution in [0.2, 0.25) is 0 Å². The summed E-state index contributed by atoms with van der Waals surface area (Å²) in [6.45, 7) is 0.770. The Balaban J connectivity index is 1.41. The first kappa shape index (κ1) is 18.0. The molecule has 2 aliphatic heterocycles. The molecule has 28 heavy (non-hydrogen) atoms. The predicted molar refractivity (Wildman–Crippen MR) is 102 cm³/mol. The Kier molecular flexibility index (Phi) is 4.97. The average Bonchev–Trinajstić information content (AvgIpc) is 2.73. The highest BCUT2D eigenvalue weighted by Crippen LogP contribution is 2.20. The summed E-state index contributed by atoms with van der Waals surface area (Å²) in [6, 6.07) is 17.1. The molecule has 7 nitrogen and oxygen atoms in total. The number of rotatable bonds is 3. The van der Waals surface area contributed by atoms with Gasteiger partial charge in [-0.15, -0.1) is 0 Å². The summed E-state index contributed by atoms with van der Waals surface area (Å²) in [4.78, 5) is 40.9. The van der Waals surface area contributed by atoms with Crippen LogP contribution in [0.15, 0.2) is 60.7 Å². The van der Waals surface area contributed by atoms with Crippen LogP contribution in [-0.4, -0.2) is 59.4 Å². The van der Waals surface area contributed by atoms with Crippen molar-refractivity contribution in [3.63, 3.8) is 0 Å². The zero-order chi connectivity index (χ0) is 19.5. The molecule has 2 saturated heterocycles. The van der Waals surface area contributed by atoms with Crippen LogP contribution in [-0.2, 0) is 16.0 Å². The van der Waals surface area contributed by atoms with E-state index in [4.69, 9.17) is 4.74 Å². The third kappa shape index (κ3) is 3.69. The number of fused-ring (bicyclic) bond motifs is 1. The van der Waals surface area contributed by atoms with E-state index >= 15 is 0 Å². The van der Waals surface area contributed by atoms with Crippen molar-refractivity contribution in [2.45, 2.75) is 18.5 Å². The molecule has 0 aromatic heterocycles. The summed E-state index contributed by atoms with van der Waals surface area (Å²) in [7, 11) is 0. The fraction of sp³-hybridized carbons (Fsp3) is 0.286. The van der Waals surface area contributed by atoms with Crippen molar-refractivity contribution in [2.75, 3.05) is 19.6 Å². The third-order valence-corrected chi connectivity index (χ3v) is 5.07. The van der Waals surface area contributed by atoms with Gasteiger partial charge in [0, 0.05) is 19.5 Å². The van der Waals surface area contributed by atoms with Crippen LogP contribution >= 0.6 is 0 Å². The van der Waals surface area contributed by atoms with E-state index < -0.39 is 18.2 Å². The maximum atomic E-state index is 12.9. The second-order valence-corrected chi connectivity index (χ2v) is 6.93. The molecule has 0 aliphatic carbocycles. The molecule has 0 radical (unpaired) electrons. The van der Waals surface area contributed by atoms with Crippen LogP contribution in [0.5, 0.6) is 5.75 Å². The molecular weight excluding hydrogens is 358 g/mol. The molecule has 2 aromatic carbocycles. The first-order chi connectivity index (χ1) is 13.6. The van der Waals surface area contributed by atoms with E-state index in [9.17, 15) is 14.4 Å². The smallest absolute Gasteiger partial charge is 0.410 e. The van der Waals surface area contributed by atoms with E-state index in [0.29, 0.717) is 25.3 Å². The number of hydrogen-bond donors (Lipinski definition) is 1. The molecule has 2 heterocycles. The third-order valence-electron chi connectivity index (χ3n) is 5.07. The number of ether oxygens (including phenoxy) is 1. The maximum absolute atomic E-state index is 12.9. The highest BCUT2D eigenvalue weighted by atomic mass is 16.6. The summed E-state index contributed by atoms with van der Waals surface area (Å²) in [6.07, 6.45) is -0.0634. The number of hydrogen-bond acceptors (Lipinski definition) is 4. The number of benzene rings is 2. The van der Waals surface area contributed by atoms with E-state index in [-0.39, 0.29) is 18.4 Å². The Labute approximate surface area is 162 Å². The molecule has 4 rings (SSSR count). The number of piperazine rings is 2. The summed E-state index contributed by atoms with van der Waals surface area (Å²) < 4.78 is 5.35. The second-order valence-electron chi connectivity index (χ2n) is 6.93. The van der Waals surface area contributed by atoms with Crippen molar-refractivity contribution in [3.05, 3.63) is 66.2 Å². The van der Waals surface area contributed by atoms with Gasteiger partial charge in [-0.25, -0.2) is 4.79 Å². The van der Waals surface area contributed by atoms with Gasteiger partial charge in [-0.05, 0) is 17.7 Å². The fourth-order valence-electron chi connectivity index (χ4n) is 3.61. The van der Waals surface area contributed by atoms with Crippen molar-refractivity contribution < 1.29 is 19.1 Å². The molecule has 144 valence electrons. The fourth-order valence-corrected chi connectivity index (χ4v) is 3.61. The Morgan fingerprint density at radius 1 is 1.00 bits per heavy atom. The lowest BCUT2D eigenvalue weighted by molar-refractivity contribution is -0.152. The Morgan fingerprint density at radius 3 is 2.39 bits per heavy atom. The summed E-state index contributed by atoms with van der Waals surface area (Å²) in [5, 5.41) is 2.81. The van der Waals surface area contributed by atoms with Gasteiger partial charge in [0.2, 0.25) is 11.8 Å². The molecule has 3 amide bonds. The van der Waals surface area contributed by atoms with E-state index in [1.165, 1.54) is 4.90 Å². The molecule has 2 fully saturated rings. The second kappa shape index (κ2) is 7.72. The first-order valence-corrected chi connectivity index (χ1v) is 9.28. The SMILES string of the molecule is O=C1N[C@@H](Cc2ccccc2)C(=O)N2CCN(C(=O)Oc3ccccc3)C[C@H]12. The standard InChI is InChI=1S/C21H21N3O4/c25-19-18-14-23(21(27)28-16-9-5-2-6-10-16)11-12-24(18)20(26)17(22-19)13-15-7-3-1-4-8-15/h1-10,17-18H,11-14H2,(H,22,25)/t17-,18+/m0/s1. The average molecular weight is 379 g/mol. The highest BCUT2D eigenvalue weighted by molar-refractivity contribution is 5.97. The van der Waals surface area contributed by atoms with Crippen molar-refractivity contribution in [1.29, 1.82) is 0 Å². The normalized spacial score (nSPS) is 21.7. The minimum Gasteiger partial charge on any atom is -0.410 e.